The maximum absolute atomic E-state index is 11.3. The van der Waals surface area contributed by atoms with E-state index in [-0.39, 0.29) is 12.5 Å². The highest BCUT2D eigenvalue weighted by Gasteiger charge is 2.30. The highest BCUT2D eigenvalue weighted by molar-refractivity contribution is 5.76. The molecule has 1 saturated carbocycles. The monoisotopic (exact) mass is 345 g/mol. The third kappa shape index (κ3) is 3.63. The highest BCUT2D eigenvalue weighted by Crippen LogP contribution is 2.35. The molecule has 0 saturated heterocycles. The van der Waals surface area contributed by atoms with E-state index in [1.807, 2.05) is 13.0 Å². The maximum Gasteiger partial charge on any atom is 0.225 e. The first-order valence-corrected chi connectivity index (χ1v) is 8.42. The molecule has 0 aromatic carbocycles. The molecular weight excluding hydrogens is 322 g/mol. The quantitative estimate of drug-likeness (QED) is 0.840. The first-order chi connectivity index (χ1) is 12.0. The number of methoxy groups -OCH3 is 1. The Balaban J connectivity index is 2.12. The molecule has 8 nitrogen and oxygen atoms in total. The Hall–Kier alpha value is -2.48. The van der Waals surface area contributed by atoms with Crippen LogP contribution < -0.4 is 10.5 Å². The normalized spacial score (nSPS) is 20.4. The van der Waals surface area contributed by atoms with Crippen LogP contribution in [0.4, 0.5) is 0 Å². The predicted octanol–water partition coefficient (Wildman–Crippen LogP) is 1.16. The second-order valence-corrected chi connectivity index (χ2v) is 6.38. The number of nitrogens with zero attached hydrogens (tertiary/aromatic N) is 4. The first kappa shape index (κ1) is 17.3. The van der Waals surface area contributed by atoms with Crippen LogP contribution in [0.25, 0.3) is 11.4 Å². The summed E-state index contributed by atoms with van der Waals surface area (Å²) >= 11 is 0. The number of rotatable bonds is 5. The molecule has 0 bridgehead atoms. The first-order valence-electron chi connectivity index (χ1n) is 8.42. The van der Waals surface area contributed by atoms with Crippen LogP contribution in [-0.2, 0) is 11.2 Å². The number of carbonyl (C=O) groups is 1. The Morgan fingerprint density at radius 1 is 1.44 bits per heavy atom. The molecule has 1 aliphatic carbocycles. The Kier molecular flexibility index (Phi) is 4.98. The van der Waals surface area contributed by atoms with Gasteiger partial charge < -0.3 is 15.6 Å². The lowest BCUT2D eigenvalue weighted by molar-refractivity contribution is -0.117. The number of amides is 1. The van der Waals surface area contributed by atoms with E-state index in [1.54, 1.807) is 18.0 Å². The number of ether oxygens (including phenoxy) is 1. The molecule has 3 N–H and O–H groups in total. The van der Waals surface area contributed by atoms with Crippen molar-refractivity contribution in [3.05, 3.63) is 23.8 Å². The van der Waals surface area contributed by atoms with Gasteiger partial charge in [-0.1, -0.05) is 12.8 Å². The Bertz CT molecular complexity index is 774. The summed E-state index contributed by atoms with van der Waals surface area (Å²) in [5.74, 6) is 0.974. The van der Waals surface area contributed by atoms with Gasteiger partial charge in [0.05, 0.1) is 37.4 Å². The van der Waals surface area contributed by atoms with Gasteiger partial charge in [-0.05, 0) is 25.8 Å². The number of nitrogens with two attached hydrogens (primary N) is 1. The summed E-state index contributed by atoms with van der Waals surface area (Å²) in [6.45, 7) is 1.88. The number of pyridine rings is 1. The minimum absolute atomic E-state index is 0.0464. The standard InChI is InChI=1S/C17H23N5O3/c1-10-7-11(14(25-2)9-19-10)17-20-16(8-15(18)24)21-22(17)12-5-3-4-6-13(12)23/h7,9,12-13,23H,3-6,8H2,1-2H3,(H2,18,24)/t12-,13-/m1/s1. The summed E-state index contributed by atoms with van der Waals surface area (Å²) in [5, 5.41) is 14.9. The fraction of sp³-hybridized carbons (Fsp3) is 0.529. The molecule has 25 heavy (non-hydrogen) atoms. The summed E-state index contributed by atoms with van der Waals surface area (Å²) in [6.07, 6.45) is 4.63. The van der Waals surface area contributed by atoms with Crippen molar-refractivity contribution in [2.45, 2.75) is 51.2 Å². The predicted molar refractivity (Wildman–Crippen MR) is 91.0 cm³/mol. The molecule has 0 radical (unpaired) electrons. The Labute approximate surface area is 146 Å². The molecule has 3 rings (SSSR count). The van der Waals surface area contributed by atoms with E-state index < -0.39 is 12.0 Å². The van der Waals surface area contributed by atoms with Crippen LogP contribution in [0.3, 0.4) is 0 Å². The molecule has 0 spiro atoms. The van der Waals surface area contributed by atoms with Gasteiger partial charge in [-0.3, -0.25) is 9.78 Å². The van der Waals surface area contributed by atoms with Crippen molar-refractivity contribution in [2.75, 3.05) is 7.11 Å². The molecule has 2 heterocycles. The molecule has 134 valence electrons. The molecule has 8 heteroatoms. The number of hydrogen-bond donors (Lipinski definition) is 2. The molecular formula is C17H23N5O3. The Morgan fingerprint density at radius 3 is 2.88 bits per heavy atom. The minimum Gasteiger partial charge on any atom is -0.494 e. The van der Waals surface area contributed by atoms with Crippen molar-refractivity contribution in [3.63, 3.8) is 0 Å². The summed E-state index contributed by atoms with van der Waals surface area (Å²) < 4.78 is 7.14. The summed E-state index contributed by atoms with van der Waals surface area (Å²) in [5.41, 5.74) is 6.84. The van der Waals surface area contributed by atoms with Crippen LogP contribution >= 0.6 is 0 Å². The highest BCUT2D eigenvalue weighted by atomic mass is 16.5. The van der Waals surface area contributed by atoms with Crippen LogP contribution in [0.5, 0.6) is 5.75 Å². The zero-order valence-electron chi connectivity index (χ0n) is 14.5. The lowest BCUT2D eigenvalue weighted by Gasteiger charge is -2.28. The number of aliphatic hydroxyl groups excluding tert-OH is 1. The van der Waals surface area contributed by atoms with E-state index in [0.29, 0.717) is 17.4 Å². The minimum atomic E-state index is -0.496. The zero-order chi connectivity index (χ0) is 18.0. The number of carbonyl (C=O) groups excluding carboxylic acids is 1. The number of aliphatic hydroxyl groups is 1. The molecule has 1 fully saturated rings. The van der Waals surface area contributed by atoms with Gasteiger partial charge in [-0.15, -0.1) is 0 Å². The number of hydrogen-bond acceptors (Lipinski definition) is 6. The van der Waals surface area contributed by atoms with Crippen molar-refractivity contribution < 1.29 is 14.6 Å². The van der Waals surface area contributed by atoms with Gasteiger partial charge in [0.25, 0.3) is 0 Å². The SMILES string of the molecule is COc1cnc(C)cc1-c1nc(CC(N)=O)nn1[C@@H]1CCCC[C@H]1O. The van der Waals surface area contributed by atoms with Gasteiger partial charge in [-0.25, -0.2) is 9.67 Å². The lowest BCUT2D eigenvalue weighted by atomic mass is 9.92. The molecule has 2 atom stereocenters. The topological polar surface area (TPSA) is 116 Å². The van der Waals surface area contributed by atoms with Gasteiger partial charge in [0.1, 0.15) is 5.75 Å². The second-order valence-electron chi connectivity index (χ2n) is 6.38. The van der Waals surface area contributed by atoms with Crippen molar-refractivity contribution >= 4 is 5.91 Å². The van der Waals surface area contributed by atoms with Crippen LogP contribution in [0.15, 0.2) is 12.3 Å². The average Bonchev–Trinajstić information content (AvgIpc) is 2.97. The van der Waals surface area contributed by atoms with E-state index in [9.17, 15) is 9.90 Å². The van der Waals surface area contributed by atoms with Crippen molar-refractivity contribution in [1.29, 1.82) is 0 Å². The number of primary amides is 1. The van der Waals surface area contributed by atoms with E-state index >= 15 is 0 Å². The van der Waals surface area contributed by atoms with E-state index in [1.165, 1.54) is 0 Å². The summed E-state index contributed by atoms with van der Waals surface area (Å²) in [7, 11) is 1.57. The van der Waals surface area contributed by atoms with Gasteiger partial charge in [-0.2, -0.15) is 5.10 Å². The second kappa shape index (κ2) is 7.18. The third-order valence-electron chi connectivity index (χ3n) is 4.48. The van der Waals surface area contributed by atoms with Crippen LogP contribution in [0.2, 0.25) is 0 Å². The molecule has 2 aromatic heterocycles. The summed E-state index contributed by atoms with van der Waals surface area (Å²) in [6, 6.07) is 1.68. The number of aryl methyl sites for hydroxylation is 1. The van der Waals surface area contributed by atoms with E-state index in [2.05, 4.69) is 15.1 Å². The molecule has 0 aliphatic heterocycles. The largest absolute Gasteiger partial charge is 0.494 e. The van der Waals surface area contributed by atoms with Gasteiger partial charge >= 0.3 is 0 Å². The maximum atomic E-state index is 11.3. The third-order valence-corrected chi connectivity index (χ3v) is 4.48. The van der Waals surface area contributed by atoms with Crippen molar-refractivity contribution in [2.24, 2.45) is 5.73 Å². The molecule has 1 aliphatic rings. The van der Waals surface area contributed by atoms with Crippen molar-refractivity contribution in [1.82, 2.24) is 19.7 Å². The molecule has 0 unspecified atom stereocenters. The fourth-order valence-electron chi connectivity index (χ4n) is 3.27. The molecule has 1 amide bonds. The fourth-order valence-corrected chi connectivity index (χ4v) is 3.27. The average molecular weight is 345 g/mol. The summed E-state index contributed by atoms with van der Waals surface area (Å²) in [4.78, 5) is 20.0. The number of aromatic nitrogens is 4. The van der Waals surface area contributed by atoms with Gasteiger partial charge in [0.2, 0.25) is 5.91 Å². The lowest BCUT2D eigenvalue weighted by Crippen LogP contribution is -2.29. The van der Waals surface area contributed by atoms with E-state index in [0.717, 1.165) is 36.9 Å². The van der Waals surface area contributed by atoms with Gasteiger partial charge in [0, 0.05) is 5.69 Å². The van der Waals surface area contributed by atoms with Gasteiger partial charge in [0.15, 0.2) is 11.6 Å². The van der Waals surface area contributed by atoms with Crippen LogP contribution in [0, 0.1) is 6.92 Å². The Morgan fingerprint density at radius 2 is 2.20 bits per heavy atom. The van der Waals surface area contributed by atoms with Crippen LogP contribution in [-0.4, -0.2) is 44.0 Å². The zero-order valence-corrected chi connectivity index (χ0v) is 14.5. The van der Waals surface area contributed by atoms with Crippen molar-refractivity contribution in [3.8, 4) is 17.1 Å². The smallest absolute Gasteiger partial charge is 0.225 e. The molecule has 2 aromatic rings. The van der Waals surface area contributed by atoms with Crippen LogP contribution in [0.1, 0.15) is 43.2 Å². The van der Waals surface area contributed by atoms with E-state index in [4.69, 9.17) is 10.5 Å².